The van der Waals surface area contributed by atoms with E-state index in [0.29, 0.717) is 0 Å². The van der Waals surface area contributed by atoms with Gasteiger partial charge in [0, 0.05) is 11.5 Å². The van der Waals surface area contributed by atoms with Gasteiger partial charge in [-0.1, -0.05) is 15.9 Å². The van der Waals surface area contributed by atoms with Crippen LogP contribution in [-0.4, -0.2) is 16.8 Å². The molecule has 0 fully saturated rings. The summed E-state index contributed by atoms with van der Waals surface area (Å²) in [6.45, 7) is 0. The Balaban J connectivity index is 2.72. The number of hydrogen-bond acceptors (Lipinski definition) is 2. The van der Waals surface area contributed by atoms with Crippen molar-refractivity contribution in [3.63, 3.8) is 0 Å². The Morgan fingerprint density at radius 3 is 2.75 bits per heavy atom. The van der Waals surface area contributed by atoms with Crippen molar-refractivity contribution < 1.29 is 5.21 Å². The summed E-state index contributed by atoms with van der Waals surface area (Å²) in [5.41, 5.74) is 0. The third kappa shape index (κ3) is 5.95. The molecule has 1 N–H and O–H groups in total. The third-order valence-corrected chi connectivity index (χ3v) is 1.36. The van der Waals surface area contributed by atoms with Crippen LogP contribution in [0.25, 0.3) is 0 Å². The summed E-state index contributed by atoms with van der Waals surface area (Å²) in [5, 5.41) is 11.8. The van der Waals surface area contributed by atoms with Gasteiger partial charge in [-0.05, 0) is 19.3 Å². The Hall–Kier alpha value is -0.0500. The van der Waals surface area contributed by atoms with E-state index in [-0.39, 0.29) is 0 Å². The van der Waals surface area contributed by atoms with Gasteiger partial charge >= 0.3 is 0 Å². The Morgan fingerprint density at radius 1 is 1.50 bits per heavy atom. The predicted molar refractivity (Wildman–Crippen MR) is 37.9 cm³/mol. The number of nitrogens with zero attached hydrogens (tertiary/aromatic N) is 1. The minimum absolute atomic E-state index is 0.877. The summed E-state index contributed by atoms with van der Waals surface area (Å²) < 4.78 is 0. The molecule has 0 atom stereocenters. The second-order valence-corrected chi connectivity index (χ2v) is 2.28. The minimum Gasteiger partial charge on any atom is -0.411 e. The van der Waals surface area contributed by atoms with Gasteiger partial charge in [0.2, 0.25) is 0 Å². The Labute approximate surface area is 57.7 Å². The molecular formula is C5H10BrNO. The molecule has 0 saturated carbocycles. The molecule has 48 valence electrons. The molecule has 2 nitrogen and oxygen atoms in total. The number of rotatable bonds is 4. The smallest absolute Gasteiger partial charge is 0.0435 e. The summed E-state index contributed by atoms with van der Waals surface area (Å²) in [6.07, 6.45) is 4.63. The lowest BCUT2D eigenvalue weighted by Crippen LogP contribution is -1.77. The summed E-state index contributed by atoms with van der Waals surface area (Å²) in [5.74, 6) is 0. The number of oxime groups is 1. The van der Waals surface area contributed by atoms with E-state index in [1.165, 1.54) is 6.21 Å². The fraction of sp³-hybridized carbons (Fsp3) is 0.800. The van der Waals surface area contributed by atoms with Crippen molar-refractivity contribution in [2.75, 3.05) is 5.33 Å². The fourth-order valence-electron chi connectivity index (χ4n) is 0.388. The van der Waals surface area contributed by atoms with Crippen LogP contribution >= 0.6 is 15.9 Å². The highest BCUT2D eigenvalue weighted by Gasteiger charge is 1.80. The lowest BCUT2D eigenvalue weighted by atomic mass is 10.3. The van der Waals surface area contributed by atoms with Gasteiger partial charge in [0.25, 0.3) is 0 Å². The largest absolute Gasteiger partial charge is 0.411 e. The Kier molecular flexibility index (Phi) is 6.91. The van der Waals surface area contributed by atoms with Crippen molar-refractivity contribution in [2.45, 2.75) is 19.3 Å². The predicted octanol–water partition coefficient (Wildman–Crippen LogP) is 2.01. The van der Waals surface area contributed by atoms with Crippen LogP contribution in [0.3, 0.4) is 0 Å². The van der Waals surface area contributed by atoms with Crippen molar-refractivity contribution in [3.8, 4) is 0 Å². The lowest BCUT2D eigenvalue weighted by Gasteiger charge is -1.86. The normalized spacial score (nSPS) is 10.6. The van der Waals surface area contributed by atoms with E-state index < -0.39 is 0 Å². The van der Waals surface area contributed by atoms with Gasteiger partial charge in [0.1, 0.15) is 0 Å². The summed E-state index contributed by atoms with van der Waals surface area (Å²) >= 11 is 3.29. The van der Waals surface area contributed by atoms with E-state index in [2.05, 4.69) is 21.1 Å². The van der Waals surface area contributed by atoms with Crippen molar-refractivity contribution in [1.29, 1.82) is 0 Å². The molecule has 0 saturated heterocycles. The van der Waals surface area contributed by atoms with E-state index in [9.17, 15) is 0 Å². The zero-order valence-corrected chi connectivity index (χ0v) is 6.26. The highest BCUT2D eigenvalue weighted by Crippen LogP contribution is 1.95. The maximum atomic E-state index is 7.92. The molecule has 0 aliphatic heterocycles. The summed E-state index contributed by atoms with van der Waals surface area (Å²) in [6, 6.07) is 0. The molecule has 0 amide bonds. The SMILES string of the molecule is O/N=C/CCCCBr. The van der Waals surface area contributed by atoms with Gasteiger partial charge in [-0.2, -0.15) is 0 Å². The van der Waals surface area contributed by atoms with E-state index in [1.54, 1.807) is 0 Å². The van der Waals surface area contributed by atoms with E-state index >= 15 is 0 Å². The summed E-state index contributed by atoms with van der Waals surface area (Å²) in [4.78, 5) is 0. The fourth-order valence-corrected chi connectivity index (χ4v) is 0.784. The number of halogens is 1. The molecular weight excluding hydrogens is 170 g/mol. The molecule has 0 aliphatic rings. The number of unbranched alkanes of at least 4 members (excludes halogenated alkanes) is 2. The van der Waals surface area contributed by atoms with Crippen molar-refractivity contribution in [3.05, 3.63) is 0 Å². The van der Waals surface area contributed by atoms with Crippen LogP contribution in [0.5, 0.6) is 0 Å². The minimum atomic E-state index is 0.877. The van der Waals surface area contributed by atoms with Crippen LogP contribution in [0.4, 0.5) is 0 Å². The molecule has 0 spiro atoms. The zero-order valence-electron chi connectivity index (χ0n) is 4.68. The first-order valence-electron chi connectivity index (χ1n) is 2.63. The van der Waals surface area contributed by atoms with Gasteiger partial charge < -0.3 is 5.21 Å². The van der Waals surface area contributed by atoms with Crippen LogP contribution in [-0.2, 0) is 0 Å². The average molecular weight is 180 g/mol. The summed E-state index contributed by atoms with van der Waals surface area (Å²) in [7, 11) is 0. The van der Waals surface area contributed by atoms with Gasteiger partial charge in [-0.3, -0.25) is 0 Å². The quantitative estimate of drug-likeness (QED) is 0.232. The van der Waals surface area contributed by atoms with Gasteiger partial charge in [0.15, 0.2) is 0 Å². The molecule has 0 unspecified atom stereocenters. The molecule has 0 aromatic heterocycles. The van der Waals surface area contributed by atoms with Gasteiger partial charge in [-0.25, -0.2) is 0 Å². The van der Waals surface area contributed by atoms with Crippen LogP contribution in [0, 0.1) is 0 Å². The van der Waals surface area contributed by atoms with Gasteiger partial charge in [0.05, 0.1) is 0 Å². The van der Waals surface area contributed by atoms with Crippen LogP contribution in [0.2, 0.25) is 0 Å². The highest BCUT2D eigenvalue weighted by atomic mass is 79.9. The van der Waals surface area contributed by atoms with E-state index in [0.717, 1.165) is 24.6 Å². The van der Waals surface area contributed by atoms with E-state index in [4.69, 9.17) is 5.21 Å². The van der Waals surface area contributed by atoms with Gasteiger partial charge in [-0.15, -0.1) is 5.16 Å². The monoisotopic (exact) mass is 179 g/mol. The van der Waals surface area contributed by atoms with Crippen LogP contribution in [0.15, 0.2) is 5.16 Å². The molecule has 0 bridgehead atoms. The molecule has 0 heterocycles. The first-order valence-corrected chi connectivity index (χ1v) is 3.76. The molecule has 0 aromatic carbocycles. The van der Waals surface area contributed by atoms with Crippen LogP contribution < -0.4 is 0 Å². The standard InChI is InChI=1S/C5H10BrNO/c6-4-2-1-3-5-7-8/h5,8H,1-4H2/b7-5+. The maximum Gasteiger partial charge on any atom is 0.0435 e. The molecule has 0 rings (SSSR count). The molecule has 0 radical (unpaired) electrons. The lowest BCUT2D eigenvalue weighted by molar-refractivity contribution is 0.320. The first-order chi connectivity index (χ1) is 3.91. The Morgan fingerprint density at radius 2 is 2.25 bits per heavy atom. The number of alkyl halides is 1. The molecule has 0 aliphatic carbocycles. The third-order valence-electron chi connectivity index (χ3n) is 0.799. The van der Waals surface area contributed by atoms with Crippen molar-refractivity contribution in [2.24, 2.45) is 5.16 Å². The number of hydrogen-bond donors (Lipinski definition) is 1. The van der Waals surface area contributed by atoms with Crippen molar-refractivity contribution in [1.82, 2.24) is 0 Å². The maximum absolute atomic E-state index is 7.92. The average Bonchev–Trinajstić information content (AvgIpc) is 1.81. The van der Waals surface area contributed by atoms with E-state index in [1.807, 2.05) is 0 Å². The molecule has 0 aromatic rings. The topological polar surface area (TPSA) is 32.6 Å². The molecule has 8 heavy (non-hydrogen) atoms. The van der Waals surface area contributed by atoms with Crippen molar-refractivity contribution >= 4 is 22.1 Å². The Bertz CT molecular complexity index is 65.4. The molecule has 3 heteroatoms. The second kappa shape index (κ2) is 6.95. The first kappa shape index (κ1) is 7.95. The second-order valence-electron chi connectivity index (χ2n) is 1.48. The highest BCUT2D eigenvalue weighted by molar-refractivity contribution is 9.09. The zero-order chi connectivity index (χ0) is 6.24. The van der Waals surface area contributed by atoms with Crippen LogP contribution in [0.1, 0.15) is 19.3 Å².